The summed E-state index contributed by atoms with van der Waals surface area (Å²) in [5, 5.41) is 10.1. The zero-order chi connectivity index (χ0) is 20.7. The largest absolute Gasteiger partial charge is 0.507 e. The molecule has 0 atom stereocenters. The van der Waals surface area contributed by atoms with Crippen molar-refractivity contribution in [3.63, 3.8) is 0 Å². The summed E-state index contributed by atoms with van der Waals surface area (Å²) in [6.07, 6.45) is 7.00. The first-order valence-electron chi connectivity index (χ1n) is 8.60. The molecule has 142 valence electrons. The monoisotopic (exact) mass is 390 g/mol. The van der Waals surface area contributed by atoms with Crippen molar-refractivity contribution in [2.75, 3.05) is 0 Å². The Labute approximate surface area is 163 Å². The lowest BCUT2D eigenvalue weighted by Crippen LogP contribution is -1.99. The molecule has 2 aliphatic carbocycles. The third-order valence-corrected chi connectivity index (χ3v) is 4.69. The molecule has 4 nitrogen and oxygen atoms in total. The lowest BCUT2D eigenvalue weighted by Gasteiger charge is -1.97. The summed E-state index contributed by atoms with van der Waals surface area (Å²) in [7, 11) is 0. The molecule has 0 heterocycles. The minimum Gasteiger partial charge on any atom is -0.507 e. The molecule has 1 N–H and O–H groups in total. The highest BCUT2D eigenvalue weighted by Gasteiger charge is 2.32. The van der Waals surface area contributed by atoms with Gasteiger partial charge in [-0.1, -0.05) is 18.2 Å². The van der Waals surface area contributed by atoms with Crippen LogP contribution in [0.3, 0.4) is 0 Å². The fourth-order valence-corrected chi connectivity index (χ4v) is 3.28. The number of carbonyl (C=O) groups excluding carboxylic acids is 3. The molecule has 0 saturated carbocycles. The van der Waals surface area contributed by atoms with Gasteiger partial charge < -0.3 is 5.11 Å². The van der Waals surface area contributed by atoms with Gasteiger partial charge in [0.2, 0.25) is 0 Å². The van der Waals surface area contributed by atoms with Crippen molar-refractivity contribution in [3.05, 3.63) is 112 Å². The van der Waals surface area contributed by atoms with E-state index in [-0.39, 0.29) is 39.2 Å². The van der Waals surface area contributed by atoms with E-state index in [4.69, 9.17) is 0 Å². The Hall–Kier alpha value is -3.93. The van der Waals surface area contributed by atoms with Crippen molar-refractivity contribution in [2.45, 2.75) is 0 Å². The second-order valence-corrected chi connectivity index (χ2v) is 6.45. The van der Waals surface area contributed by atoms with Crippen LogP contribution < -0.4 is 0 Å². The molecule has 0 amide bonds. The van der Waals surface area contributed by atoms with Crippen LogP contribution in [0.4, 0.5) is 8.78 Å². The summed E-state index contributed by atoms with van der Waals surface area (Å²) in [6.45, 7) is 0. The fourth-order valence-electron chi connectivity index (χ4n) is 3.28. The summed E-state index contributed by atoms with van der Waals surface area (Å²) in [5.74, 6) is -2.94. The Morgan fingerprint density at radius 3 is 1.97 bits per heavy atom. The van der Waals surface area contributed by atoms with Gasteiger partial charge >= 0.3 is 0 Å². The van der Waals surface area contributed by atoms with E-state index in [0.29, 0.717) is 0 Å². The fraction of sp³-hybridized carbons (Fsp3) is 0. The summed E-state index contributed by atoms with van der Waals surface area (Å²) >= 11 is 0. The van der Waals surface area contributed by atoms with Gasteiger partial charge in [-0.25, -0.2) is 8.78 Å². The molecule has 29 heavy (non-hydrogen) atoms. The first-order chi connectivity index (χ1) is 13.9. The summed E-state index contributed by atoms with van der Waals surface area (Å²) in [4.78, 5) is 36.8. The number of Topliss-reactive ketones (excluding diaryl/α,β-unsaturated/α-hetero) is 3. The van der Waals surface area contributed by atoms with Crippen molar-refractivity contribution in [3.8, 4) is 0 Å². The molecular formula is C23H12F2O4. The maximum atomic E-state index is 13.3. The summed E-state index contributed by atoms with van der Waals surface area (Å²) in [6, 6.07) is 6.96. The molecule has 6 heteroatoms. The van der Waals surface area contributed by atoms with Crippen LogP contribution in [0.15, 0.2) is 77.9 Å². The molecule has 0 aliphatic heterocycles. The molecule has 0 fully saturated rings. The van der Waals surface area contributed by atoms with E-state index >= 15 is 0 Å². The smallest absolute Gasteiger partial charge is 0.197 e. The zero-order valence-electron chi connectivity index (χ0n) is 14.8. The standard InChI is InChI=1S/C23H12F2O4/c24-12-6-8-14-18(10-12)22(28)16(20(14)26)4-2-1-3-5-17-21(27)15-9-7-13(25)11-19(15)23(17)29/h1-11,28H/b3-1+,4-2+,17-5-. The van der Waals surface area contributed by atoms with Gasteiger partial charge in [0.15, 0.2) is 17.3 Å². The van der Waals surface area contributed by atoms with E-state index in [1.54, 1.807) is 0 Å². The highest BCUT2D eigenvalue weighted by Crippen LogP contribution is 2.32. The molecule has 0 spiro atoms. The van der Waals surface area contributed by atoms with Crippen molar-refractivity contribution >= 4 is 23.1 Å². The molecule has 0 bridgehead atoms. The number of hydrogen-bond acceptors (Lipinski definition) is 4. The molecule has 0 aromatic heterocycles. The minimum absolute atomic E-state index is 0.0128. The molecular weight excluding hydrogens is 378 g/mol. The maximum Gasteiger partial charge on any atom is 0.197 e. The SMILES string of the molecule is O=C1C(/C=C/C=C/C=C2/C(=O)c3ccc(F)cc3C2=O)=C(O)c2cc(F)ccc21. The number of ketones is 3. The van der Waals surface area contributed by atoms with E-state index in [1.165, 1.54) is 42.5 Å². The average Bonchev–Trinajstić information content (AvgIpc) is 3.07. The number of allylic oxidation sites excluding steroid dienone is 7. The van der Waals surface area contributed by atoms with Crippen molar-refractivity contribution in [1.82, 2.24) is 0 Å². The topological polar surface area (TPSA) is 71.4 Å². The van der Waals surface area contributed by atoms with E-state index < -0.39 is 29.0 Å². The lowest BCUT2D eigenvalue weighted by molar-refractivity contribution is 0.0986. The molecule has 0 saturated heterocycles. The molecule has 0 unspecified atom stereocenters. The Morgan fingerprint density at radius 2 is 1.28 bits per heavy atom. The van der Waals surface area contributed by atoms with Crippen LogP contribution in [0.5, 0.6) is 0 Å². The Bertz CT molecular complexity index is 1230. The van der Waals surface area contributed by atoms with Crippen molar-refractivity contribution < 1.29 is 28.3 Å². The number of carbonyl (C=O) groups is 3. The molecule has 2 aliphatic rings. The minimum atomic E-state index is -0.597. The number of benzene rings is 2. The predicted octanol–water partition coefficient (Wildman–Crippen LogP) is 4.55. The van der Waals surface area contributed by atoms with Gasteiger partial charge in [0.05, 0.1) is 11.1 Å². The number of halogens is 2. The quantitative estimate of drug-likeness (QED) is 0.474. The Balaban J connectivity index is 1.53. The van der Waals surface area contributed by atoms with Crippen LogP contribution in [0, 0.1) is 11.6 Å². The van der Waals surface area contributed by atoms with Crippen LogP contribution in [-0.2, 0) is 0 Å². The molecule has 2 aromatic carbocycles. The third kappa shape index (κ3) is 3.04. The Morgan fingerprint density at radius 1 is 0.690 bits per heavy atom. The summed E-state index contributed by atoms with van der Waals surface area (Å²) in [5.41, 5.74) is 0.454. The number of rotatable bonds is 3. The second-order valence-electron chi connectivity index (χ2n) is 6.45. The van der Waals surface area contributed by atoms with Gasteiger partial charge in [0.25, 0.3) is 0 Å². The van der Waals surface area contributed by atoms with E-state index in [9.17, 15) is 28.3 Å². The van der Waals surface area contributed by atoms with Gasteiger partial charge in [0, 0.05) is 22.3 Å². The van der Waals surface area contributed by atoms with Crippen LogP contribution in [0.25, 0.3) is 5.76 Å². The predicted molar refractivity (Wildman–Crippen MR) is 102 cm³/mol. The maximum absolute atomic E-state index is 13.3. The number of hydrogen-bond donors (Lipinski definition) is 1. The van der Waals surface area contributed by atoms with Gasteiger partial charge in [-0.3, -0.25) is 14.4 Å². The van der Waals surface area contributed by atoms with Crippen LogP contribution in [0.1, 0.15) is 36.6 Å². The van der Waals surface area contributed by atoms with Crippen LogP contribution in [-0.4, -0.2) is 22.5 Å². The highest BCUT2D eigenvalue weighted by atomic mass is 19.1. The van der Waals surface area contributed by atoms with Crippen LogP contribution in [0.2, 0.25) is 0 Å². The lowest BCUT2D eigenvalue weighted by atomic mass is 10.1. The molecule has 0 radical (unpaired) electrons. The second kappa shape index (κ2) is 6.91. The summed E-state index contributed by atoms with van der Waals surface area (Å²) < 4.78 is 26.6. The van der Waals surface area contributed by atoms with Crippen LogP contribution >= 0.6 is 0 Å². The normalized spacial score (nSPS) is 17.3. The van der Waals surface area contributed by atoms with E-state index in [0.717, 1.165) is 24.3 Å². The first kappa shape index (κ1) is 18.4. The average molecular weight is 390 g/mol. The van der Waals surface area contributed by atoms with E-state index in [1.807, 2.05) is 0 Å². The number of aliphatic hydroxyl groups excluding tert-OH is 1. The van der Waals surface area contributed by atoms with Gasteiger partial charge in [0.1, 0.15) is 17.4 Å². The first-order valence-corrected chi connectivity index (χ1v) is 8.60. The van der Waals surface area contributed by atoms with E-state index in [2.05, 4.69) is 0 Å². The third-order valence-electron chi connectivity index (χ3n) is 4.69. The van der Waals surface area contributed by atoms with Gasteiger partial charge in [-0.2, -0.15) is 0 Å². The molecule has 4 rings (SSSR count). The Kier molecular flexibility index (Phi) is 4.39. The number of aliphatic hydroxyl groups is 1. The zero-order valence-corrected chi connectivity index (χ0v) is 14.8. The van der Waals surface area contributed by atoms with Gasteiger partial charge in [-0.05, 0) is 48.6 Å². The number of fused-ring (bicyclic) bond motifs is 2. The van der Waals surface area contributed by atoms with Crippen molar-refractivity contribution in [1.29, 1.82) is 0 Å². The molecule has 2 aromatic rings. The van der Waals surface area contributed by atoms with Crippen molar-refractivity contribution in [2.24, 2.45) is 0 Å². The van der Waals surface area contributed by atoms with Gasteiger partial charge in [-0.15, -0.1) is 0 Å². The highest BCUT2D eigenvalue weighted by molar-refractivity contribution is 6.39.